The first-order valence-corrected chi connectivity index (χ1v) is 5.26. The van der Waals surface area contributed by atoms with Gasteiger partial charge in [-0.3, -0.25) is 0 Å². The van der Waals surface area contributed by atoms with Crippen LogP contribution >= 0.6 is 11.8 Å². The summed E-state index contributed by atoms with van der Waals surface area (Å²) in [5, 5.41) is 9.69. The quantitative estimate of drug-likeness (QED) is 0.653. The highest BCUT2D eigenvalue weighted by Gasteiger charge is 2.41. The van der Waals surface area contributed by atoms with E-state index in [9.17, 15) is 9.90 Å². The SMILES string of the molecule is CSC1=CC(=O)[N+](C(C)(C)C)=C1O. The summed E-state index contributed by atoms with van der Waals surface area (Å²) >= 11 is 1.38. The van der Waals surface area contributed by atoms with Gasteiger partial charge in [0.05, 0.1) is 6.08 Å². The predicted octanol–water partition coefficient (Wildman–Crippen LogP) is 1.54. The van der Waals surface area contributed by atoms with Gasteiger partial charge in [0.2, 0.25) is 0 Å². The lowest BCUT2D eigenvalue weighted by molar-refractivity contribution is -0.520. The summed E-state index contributed by atoms with van der Waals surface area (Å²) in [5.74, 6) is -0.0700. The summed E-state index contributed by atoms with van der Waals surface area (Å²) in [4.78, 5) is 12.1. The molecular weight excluding hydrogens is 186 g/mol. The average molecular weight is 200 g/mol. The van der Waals surface area contributed by atoms with E-state index in [1.165, 1.54) is 22.4 Å². The Morgan fingerprint density at radius 1 is 1.46 bits per heavy atom. The maximum absolute atomic E-state index is 11.5. The van der Waals surface area contributed by atoms with Gasteiger partial charge in [0.15, 0.2) is 5.54 Å². The van der Waals surface area contributed by atoms with E-state index < -0.39 is 0 Å². The smallest absolute Gasteiger partial charge is 0.417 e. The van der Waals surface area contributed by atoms with E-state index in [1.54, 1.807) is 0 Å². The van der Waals surface area contributed by atoms with E-state index in [2.05, 4.69) is 0 Å². The molecule has 0 fully saturated rings. The molecule has 1 aliphatic heterocycles. The molecule has 0 aromatic carbocycles. The number of aliphatic hydroxyl groups is 1. The highest BCUT2D eigenvalue weighted by molar-refractivity contribution is 8.03. The minimum absolute atomic E-state index is 0.0741. The average Bonchev–Trinajstić information content (AvgIpc) is 2.24. The summed E-state index contributed by atoms with van der Waals surface area (Å²) in [5.41, 5.74) is -0.366. The fraction of sp³-hybridized carbons (Fsp3) is 0.556. The molecule has 0 spiro atoms. The molecule has 1 aliphatic rings. The van der Waals surface area contributed by atoms with Crippen molar-refractivity contribution in [3.05, 3.63) is 11.0 Å². The molecule has 0 saturated carbocycles. The molecule has 0 bridgehead atoms. The molecule has 0 aromatic heterocycles. The van der Waals surface area contributed by atoms with Crippen molar-refractivity contribution in [3.63, 3.8) is 0 Å². The molecule has 0 unspecified atom stereocenters. The lowest BCUT2D eigenvalue weighted by atomic mass is 10.1. The van der Waals surface area contributed by atoms with Crippen LogP contribution in [-0.2, 0) is 4.79 Å². The Bertz CT molecular complexity index is 310. The van der Waals surface area contributed by atoms with E-state index >= 15 is 0 Å². The van der Waals surface area contributed by atoms with Crippen molar-refractivity contribution in [1.82, 2.24) is 0 Å². The van der Waals surface area contributed by atoms with Gasteiger partial charge in [-0.15, -0.1) is 16.3 Å². The van der Waals surface area contributed by atoms with Gasteiger partial charge in [-0.1, -0.05) is 0 Å². The first-order chi connectivity index (χ1) is 5.88. The van der Waals surface area contributed by atoms with Crippen LogP contribution in [0.1, 0.15) is 20.8 Å². The van der Waals surface area contributed by atoms with Crippen molar-refractivity contribution in [2.24, 2.45) is 0 Å². The number of carbonyl (C=O) groups excluding carboxylic acids is 1. The van der Waals surface area contributed by atoms with Gasteiger partial charge < -0.3 is 5.11 Å². The minimum Gasteiger partial charge on any atom is -0.459 e. The van der Waals surface area contributed by atoms with Gasteiger partial charge in [-0.05, 0) is 6.26 Å². The lowest BCUT2D eigenvalue weighted by Gasteiger charge is -2.12. The lowest BCUT2D eigenvalue weighted by Crippen LogP contribution is -2.38. The van der Waals surface area contributed by atoms with E-state index in [-0.39, 0.29) is 17.3 Å². The molecular formula is C9H14NO2S+. The molecule has 1 amide bonds. The zero-order valence-corrected chi connectivity index (χ0v) is 9.10. The molecule has 4 heteroatoms. The number of thioether (sulfide) groups is 1. The number of rotatable bonds is 1. The van der Waals surface area contributed by atoms with Gasteiger partial charge in [0, 0.05) is 20.8 Å². The largest absolute Gasteiger partial charge is 0.459 e. The summed E-state index contributed by atoms with van der Waals surface area (Å²) < 4.78 is 1.40. The normalized spacial score (nSPS) is 18.2. The highest BCUT2D eigenvalue weighted by atomic mass is 32.2. The summed E-state index contributed by atoms with van der Waals surface area (Å²) in [6.07, 6.45) is 3.30. The van der Waals surface area contributed by atoms with Gasteiger partial charge >= 0.3 is 11.8 Å². The van der Waals surface area contributed by atoms with Crippen LogP contribution in [0, 0.1) is 0 Å². The van der Waals surface area contributed by atoms with Crippen LogP contribution in [0.5, 0.6) is 0 Å². The van der Waals surface area contributed by atoms with Crippen LogP contribution in [0.4, 0.5) is 0 Å². The maximum atomic E-state index is 11.5. The second-order valence-electron chi connectivity index (χ2n) is 3.88. The monoisotopic (exact) mass is 200 g/mol. The zero-order chi connectivity index (χ0) is 10.2. The molecule has 0 aromatic rings. The van der Waals surface area contributed by atoms with Crippen molar-refractivity contribution < 1.29 is 14.5 Å². The van der Waals surface area contributed by atoms with Crippen LogP contribution in [0.15, 0.2) is 11.0 Å². The molecule has 0 atom stereocenters. The van der Waals surface area contributed by atoms with Crippen LogP contribution in [-0.4, -0.2) is 33.3 Å². The number of nitrogens with zero attached hydrogens (tertiary/aromatic N) is 1. The Morgan fingerprint density at radius 2 is 2.00 bits per heavy atom. The Morgan fingerprint density at radius 3 is 2.23 bits per heavy atom. The number of aliphatic hydroxyl groups excluding tert-OH is 1. The third-order valence-corrected chi connectivity index (χ3v) is 2.54. The molecule has 0 aliphatic carbocycles. The number of hydrogen-bond acceptors (Lipinski definition) is 2. The van der Waals surface area contributed by atoms with Gasteiger partial charge in [-0.25, -0.2) is 4.79 Å². The third-order valence-electron chi connectivity index (χ3n) is 1.80. The second kappa shape index (κ2) is 3.18. The zero-order valence-electron chi connectivity index (χ0n) is 8.29. The second-order valence-corrected chi connectivity index (χ2v) is 4.73. The fourth-order valence-corrected chi connectivity index (χ4v) is 1.75. The molecule has 13 heavy (non-hydrogen) atoms. The molecule has 0 saturated heterocycles. The van der Waals surface area contributed by atoms with Crippen LogP contribution in [0.3, 0.4) is 0 Å². The third kappa shape index (κ3) is 1.77. The summed E-state index contributed by atoms with van der Waals surface area (Å²) in [6, 6.07) is 0. The molecule has 72 valence electrons. The molecule has 3 nitrogen and oxygen atoms in total. The van der Waals surface area contributed by atoms with E-state index in [0.717, 1.165) is 0 Å². The van der Waals surface area contributed by atoms with Gasteiger partial charge in [0.1, 0.15) is 4.91 Å². The molecule has 1 heterocycles. The summed E-state index contributed by atoms with van der Waals surface area (Å²) in [6.45, 7) is 5.66. The van der Waals surface area contributed by atoms with Gasteiger partial charge in [0.25, 0.3) is 0 Å². The van der Waals surface area contributed by atoms with Crippen molar-refractivity contribution in [2.45, 2.75) is 26.3 Å². The fourth-order valence-electron chi connectivity index (χ4n) is 1.25. The first-order valence-electron chi connectivity index (χ1n) is 4.04. The van der Waals surface area contributed by atoms with Crippen LogP contribution in [0.25, 0.3) is 0 Å². The molecule has 0 radical (unpaired) electrons. The van der Waals surface area contributed by atoms with E-state index in [1.807, 2.05) is 27.0 Å². The Kier molecular flexibility index (Phi) is 2.52. The molecule has 1 rings (SSSR count). The topological polar surface area (TPSA) is 40.3 Å². The van der Waals surface area contributed by atoms with Crippen LogP contribution < -0.4 is 0 Å². The number of carbonyl (C=O) groups is 1. The Labute approximate surface area is 82.1 Å². The Hall–Kier alpha value is -0.770. The van der Waals surface area contributed by atoms with Crippen molar-refractivity contribution in [2.75, 3.05) is 6.26 Å². The number of amides is 1. The van der Waals surface area contributed by atoms with Crippen molar-refractivity contribution in [1.29, 1.82) is 0 Å². The van der Waals surface area contributed by atoms with Gasteiger partial charge in [-0.2, -0.15) is 0 Å². The first kappa shape index (κ1) is 10.3. The maximum Gasteiger partial charge on any atom is 0.417 e. The minimum atomic E-state index is -0.366. The standard InChI is InChI=1S/C9H13NO2S/c1-9(2,3)10-7(11)5-6(13-4)8(10)12/h5H,1-4H3/p+1. The summed E-state index contributed by atoms with van der Waals surface area (Å²) in [7, 11) is 0. The van der Waals surface area contributed by atoms with Crippen molar-refractivity contribution in [3.8, 4) is 0 Å². The Balaban J connectivity index is 3.15. The molecule has 1 N–H and O–H groups in total. The van der Waals surface area contributed by atoms with Crippen molar-refractivity contribution >= 4 is 23.6 Å². The predicted molar refractivity (Wildman–Crippen MR) is 54.3 cm³/mol. The highest BCUT2D eigenvalue weighted by Crippen LogP contribution is 2.22. The van der Waals surface area contributed by atoms with E-state index in [0.29, 0.717) is 4.91 Å². The van der Waals surface area contributed by atoms with E-state index in [4.69, 9.17) is 0 Å². The van der Waals surface area contributed by atoms with Crippen LogP contribution in [0.2, 0.25) is 0 Å². The number of hydrogen-bond donors (Lipinski definition) is 1.